The Morgan fingerprint density at radius 3 is 0.571 bits per heavy atom. The molecule has 0 heterocycles. The number of hydrogen-bond donors (Lipinski definition) is 0. The first kappa shape index (κ1) is 8.22. The molecule has 7 heteroatoms. The average molecular weight is 153 g/mol. The van der Waals surface area contributed by atoms with Gasteiger partial charge in [0.15, 0.2) is 0 Å². The van der Waals surface area contributed by atoms with Crippen molar-refractivity contribution in [2.45, 2.75) is 0 Å². The van der Waals surface area contributed by atoms with E-state index in [0.29, 0.717) is 0 Å². The zero-order valence-corrected chi connectivity index (χ0v) is 6.39. The van der Waals surface area contributed by atoms with Crippen LogP contribution in [0.25, 0.3) is 0 Å². The van der Waals surface area contributed by atoms with Gasteiger partial charge < -0.3 is 0 Å². The molecule has 0 nitrogen and oxygen atoms in total. The Kier molecular flexibility index (Phi) is 1.24. The Bertz CT molecular complexity index is 62.7. The van der Waals surface area contributed by atoms with Crippen LogP contribution in [-0.4, -0.2) is 42.5 Å². The normalized spacial score (nSPS) is 18.0. The van der Waals surface area contributed by atoms with Gasteiger partial charge >= 0.3 is 41.2 Å². The molecule has 0 aromatic heterocycles. The molecule has 1 radical (unpaired) electrons. The van der Waals surface area contributed by atoms with E-state index >= 15 is 0 Å². The molecule has 0 bridgehead atoms. The Morgan fingerprint density at radius 2 is 0.571 bits per heavy atom. The van der Waals surface area contributed by atoms with Gasteiger partial charge in [0.25, 0.3) is 0 Å². The second-order valence-electron chi connectivity index (χ2n) is 2.14. The molecule has 0 saturated carbocycles. The summed E-state index contributed by atoms with van der Waals surface area (Å²) >= 11 is -11.5. The summed E-state index contributed by atoms with van der Waals surface area (Å²) in [5.41, 5.74) is 0. The van der Waals surface area contributed by atoms with E-state index < -0.39 is 42.5 Å². The van der Waals surface area contributed by atoms with E-state index in [1.807, 2.05) is 0 Å². The van der Waals surface area contributed by atoms with Crippen molar-refractivity contribution in [3.8, 4) is 0 Å². The molecule has 0 unspecified atom stereocenters. The van der Waals surface area contributed by atoms with Crippen LogP contribution in [0.5, 0.6) is 0 Å². The Hall–Kier alpha value is 1.22. The molecule has 0 atom stereocenters. The second-order valence-corrected chi connectivity index (χ2v) is 8.84. The van der Waals surface area contributed by atoms with Crippen LogP contribution in [-0.2, 0) is 0 Å². The van der Waals surface area contributed by atoms with E-state index in [2.05, 4.69) is 0 Å². The summed E-state index contributed by atoms with van der Waals surface area (Å²) in [5, 5.41) is 0. The summed E-state index contributed by atoms with van der Waals surface area (Å²) in [4.78, 5) is 0. The van der Waals surface area contributed by atoms with Crippen LogP contribution in [0.2, 0.25) is 0 Å². The van der Waals surface area contributed by atoms with Gasteiger partial charge in [-0.05, 0) is 0 Å². The molecule has 0 amide bonds. The fourth-order valence-electron chi connectivity index (χ4n) is 0. The van der Waals surface area contributed by atoms with Crippen molar-refractivity contribution in [2.75, 3.05) is 0 Å². The maximum atomic E-state index is 9.95. The van der Waals surface area contributed by atoms with E-state index in [1.54, 1.807) is 0 Å². The summed E-state index contributed by atoms with van der Waals surface area (Å²) in [6, 6.07) is 0. The SMILES string of the molecule is [F][K]([F])([F])([F])([F])[F]. The first-order valence-corrected chi connectivity index (χ1v) is 9.35. The van der Waals surface area contributed by atoms with Crippen molar-refractivity contribution in [3.63, 3.8) is 0 Å². The van der Waals surface area contributed by atoms with Gasteiger partial charge in [-0.1, -0.05) is 0 Å². The molecule has 0 fully saturated rings. The van der Waals surface area contributed by atoms with E-state index in [1.165, 1.54) is 0 Å². The number of halogens is 6. The maximum absolute atomic E-state index is 11.5. The van der Waals surface area contributed by atoms with Crippen LogP contribution < -0.4 is 0 Å². The van der Waals surface area contributed by atoms with E-state index in [4.69, 9.17) is 0 Å². The third-order valence-corrected chi connectivity index (χ3v) is 0. The zero-order chi connectivity index (χ0) is 6.41. The monoisotopic (exact) mass is 153 g/mol. The predicted octanol–water partition coefficient (Wildman–Crippen LogP) is 2.14. The molecule has 0 rings (SSSR count). The van der Waals surface area contributed by atoms with Crippen molar-refractivity contribution >= 4 is 42.5 Å². The van der Waals surface area contributed by atoms with Crippen LogP contribution in [0.4, 0.5) is -1.26 Å². The quantitative estimate of drug-likeness (QED) is 0.369. The summed E-state index contributed by atoms with van der Waals surface area (Å²) in [5.74, 6) is 0. The van der Waals surface area contributed by atoms with E-state index in [9.17, 15) is -1.26 Å². The molecular formula is F6K. The van der Waals surface area contributed by atoms with Crippen LogP contribution in [0.3, 0.4) is 0 Å². The van der Waals surface area contributed by atoms with Gasteiger partial charge in [0.2, 0.25) is 0 Å². The van der Waals surface area contributed by atoms with Gasteiger partial charge in [-0.15, -0.1) is 0 Å². The number of rotatable bonds is 0. The Balaban J connectivity index is 4.43. The predicted molar refractivity (Wildman–Crippen MR) is 12.4 cm³/mol. The second kappa shape index (κ2) is 1.06. The van der Waals surface area contributed by atoms with Gasteiger partial charge in [0.05, 0.1) is 0 Å². The molecule has 0 aliphatic carbocycles. The molecule has 0 spiro atoms. The molecule has 0 aromatic carbocycles. The van der Waals surface area contributed by atoms with Gasteiger partial charge in [0, 0.05) is 0 Å². The first-order valence-electron chi connectivity index (χ1n) is 2.27. The fraction of sp³-hybridized carbons (Fsp3) is 0. The van der Waals surface area contributed by atoms with Crippen LogP contribution in [0, 0.1) is 0 Å². The summed E-state index contributed by atoms with van der Waals surface area (Å²) in [6.07, 6.45) is 0. The third kappa shape index (κ3) is 133. The minimum atomic E-state index is -11.5. The van der Waals surface area contributed by atoms with Crippen LogP contribution >= 0.6 is 0 Å². The Labute approximate surface area is 40.3 Å². The van der Waals surface area contributed by atoms with Gasteiger partial charge in [-0.3, -0.25) is 0 Å². The zero-order valence-electron chi connectivity index (χ0n) is 3.27. The number of hydrogen-bond acceptors (Lipinski definition) is 0. The topological polar surface area (TPSA) is 0 Å². The van der Waals surface area contributed by atoms with E-state index in [-0.39, 0.29) is 0 Å². The van der Waals surface area contributed by atoms with Crippen molar-refractivity contribution in [3.05, 3.63) is 0 Å². The van der Waals surface area contributed by atoms with Gasteiger partial charge in [-0.2, -0.15) is 0 Å². The molecule has 0 aromatic rings. The molecule has 0 aliphatic heterocycles. The molecule has 43 valence electrons. The Morgan fingerprint density at radius 1 is 0.571 bits per heavy atom. The summed E-state index contributed by atoms with van der Waals surface area (Å²) in [6.45, 7) is 0. The first-order chi connectivity index (χ1) is 2.45. The van der Waals surface area contributed by atoms with Crippen LogP contribution in [0.1, 0.15) is 0 Å². The summed E-state index contributed by atoms with van der Waals surface area (Å²) < 4.78 is 59.7. The van der Waals surface area contributed by atoms with Gasteiger partial charge in [0.1, 0.15) is 0 Å². The van der Waals surface area contributed by atoms with Crippen LogP contribution in [0.15, 0.2) is 0 Å². The summed E-state index contributed by atoms with van der Waals surface area (Å²) in [7, 11) is 0. The van der Waals surface area contributed by atoms with Crippen molar-refractivity contribution in [1.29, 1.82) is 0 Å². The van der Waals surface area contributed by atoms with E-state index in [0.717, 1.165) is 0 Å². The molecule has 0 N–H and O–H groups in total. The fourth-order valence-corrected chi connectivity index (χ4v) is 0. The third-order valence-electron chi connectivity index (χ3n) is 0. The van der Waals surface area contributed by atoms with Crippen molar-refractivity contribution < 1.29 is -1.26 Å². The van der Waals surface area contributed by atoms with Crippen molar-refractivity contribution in [1.82, 2.24) is 0 Å². The molecule has 0 aliphatic rings. The standard InChI is InChI=1S/6FH.K/h6*1H;/q;;;;;;+6/p-6. The molecule has 7 heavy (non-hydrogen) atoms. The molecular weight excluding hydrogens is 153 g/mol. The average Bonchev–Trinajstić information content (AvgIpc) is 0.592. The van der Waals surface area contributed by atoms with Gasteiger partial charge in [-0.25, -0.2) is 0 Å². The molecule has 0 saturated heterocycles. The van der Waals surface area contributed by atoms with Crippen molar-refractivity contribution in [2.24, 2.45) is 0 Å². The minimum absolute atomic E-state index is 9.95.